The first-order valence-corrected chi connectivity index (χ1v) is 12.6. The van der Waals surface area contributed by atoms with Crippen LogP contribution in [0.4, 0.5) is 0 Å². The molecule has 1 spiro atoms. The van der Waals surface area contributed by atoms with Crippen molar-refractivity contribution in [2.24, 2.45) is 23.5 Å². The van der Waals surface area contributed by atoms with E-state index in [2.05, 4.69) is 32.3 Å². The van der Waals surface area contributed by atoms with Gasteiger partial charge >= 0.3 is 0 Å². The number of ether oxygens (including phenoxy) is 2. The topological polar surface area (TPSA) is 126 Å². The molecule has 1 aromatic rings. The van der Waals surface area contributed by atoms with Crippen LogP contribution in [0.1, 0.15) is 55.1 Å². The number of amides is 1. The van der Waals surface area contributed by atoms with Gasteiger partial charge in [-0.3, -0.25) is 14.5 Å². The Morgan fingerprint density at radius 3 is 2.69 bits per heavy atom. The zero-order valence-corrected chi connectivity index (χ0v) is 21.3. The molecule has 0 saturated carbocycles. The second-order valence-electron chi connectivity index (χ2n) is 10.8. The number of nitrogens with two attached hydrogens (primary N) is 1. The first-order chi connectivity index (χ1) is 17.0. The molecule has 4 aliphatic rings. The van der Waals surface area contributed by atoms with Crippen LogP contribution in [-0.2, 0) is 22.5 Å². The molecule has 4 N–H and O–H groups in total. The van der Waals surface area contributed by atoms with Crippen LogP contribution in [0.2, 0.25) is 0 Å². The van der Waals surface area contributed by atoms with Crippen LogP contribution in [-0.4, -0.2) is 52.6 Å². The summed E-state index contributed by atoms with van der Waals surface area (Å²) >= 11 is 0. The number of aliphatic hydroxyl groups is 1. The summed E-state index contributed by atoms with van der Waals surface area (Å²) in [6, 6.07) is 1.64. The highest BCUT2D eigenvalue weighted by molar-refractivity contribution is 6.14. The Hall–Kier alpha value is -3.26. The Morgan fingerprint density at radius 1 is 1.36 bits per heavy atom. The van der Waals surface area contributed by atoms with Crippen LogP contribution in [0.3, 0.4) is 0 Å². The molecule has 3 aliphatic carbocycles. The number of nitrogens with zero attached hydrogens (tertiary/aromatic N) is 1. The summed E-state index contributed by atoms with van der Waals surface area (Å²) in [6.07, 6.45) is 1.31. The molecule has 8 nitrogen and oxygen atoms in total. The lowest BCUT2D eigenvalue weighted by atomic mass is 9.62. The number of methoxy groups -OCH3 is 1. The van der Waals surface area contributed by atoms with E-state index in [-0.39, 0.29) is 46.7 Å². The highest BCUT2D eigenvalue weighted by Crippen LogP contribution is 2.66. The van der Waals surface area contributed by atoms with E-state index < -0.39 is 11.5 Å². The molecule has 0 aromatic heterocycles. The number of hydrogen-bond acceptors (Lipinski definition) is 7. The number of primary amides is 1. The van der Waals surface area contributed by atoms with Gasteiger partial charge in [0.05, 0.1) is 18.2 Å². The molecule has 0 unspecified atom stereocenters. The molecular formula is C28H34N2O6. The van der Waals surface area contributed by atoms with E-state index in [1.54, 1.807) is 13.2 Å². The lowest BCUT2D eigenvalue weighted by molar-refractivity contribution is -0.114. The van der Waals surface area contributed by atoms with Crippen molar-refractivity contribution in [3.63, 3.8) is 0 Å². The van der Waals surface area contributed by atoms with Crippen molar-refractivity contribution in [1.82, 2.24) is 4.90 Å². The highest BCUT2D eigenvalue weighted by atomic mass is 16.6. The molecule has 0 radical (unpaired) electrons. The average molecular weight is 495 g/mol. The van der Waals surface area contributed by atoms with Gasteiger partial charge in [0.15, 0.2) is 17.1 Å². The number of benzene rings is 1. The number of fused-ring (bicyclic) bond motifs is 2. The zero-order chi connectivity index (χ0) is 26.1. The summed E-state index contributed by atoms with van der Waals surface area (Å²) in [5.41, 5.74) is 7.15. The first-order valence-electron chi connectivity index (χ1n) is 12.6. The van der Waals surface area contributed by atoms with E-state index in [0.717, 1.165) is 18.7 Å². The third-order valence-corrected chi connectivity index (χ3v) is 8.11. The monoisotopic (exact) mass is 494 g/mol. The Labute approximate surface area is 211 Å². The molecule has 1 heterocycles. The van der Waals surface area contributed by atoms with E-state index in [4.69, 9.17) is 15.2 Å². The molecule has 3 atom stereocenters. The number of ketones is 1. The molecule has 0 bridgehead atoms. The number of allylic oxidation sites excluding steroid dienone is 2. The summed E-state index contributed by atoms with van der Waals surface area (Å²) in [5, 5.41) is 21.6. The molecule has 5 rings (SSSR count). The fourth-order valence-corrected chi connectivity index (χ4v) is 6.63. The Balaban J connectivity index is 1.57. The average Bonchev–Trinajstić information content (AvgIpc) is 3.54. The molecule has 1 fully saturated rings. The van der Waals surface area contributed by atoms with Gasteiger partial charge in [0.2, 0.25) is 0 Å². The van der Waals surface area contributed by atoms with Gasteiger partial charge in [-0.05, 0) is 37.3 Å². The molecule has 1 amide bonds. The number of aliphatic hydroxyl groups excluding tert-OH is 1. The van der Waals surface area contributed by atoms with Crippen molar-refractivity contribution in [3.8, 4) is 11.5 Å². The van der Waals surface area contributed by atoms with E-state index >= 15 is 0 Å². The van der Waals surface area contributed by atoms with Gasteiger partial charge in [0.25, 0.3) is 5.91 Å². The smallest absolute Gasteiger partial charge is 0.252 e. The Kier molecular flexibility index (Phi) is 5.70. The fraction of sp³-hybridized carbons (Fsp3) is 0.500. The molecule has 192 valence electrons. The van der Waals surface area contributed by atoms with Gasteiger partial charge in [0.1, 0.15) is 17.3 Å². The van der Waals surface area contributed by atoms with Gasteiger partial charge in [-0.1, -0.05) is 27.4 Å². The fourth-order valence-electron chi connectivity index (χ4n) is 6.63. The molecule has 8 heteroatoms. The molecule has 1 saturated heterocycles. The molecule has 36 heavy (non-hydrogen) atoms. The quantitative estimate of drug-likeness (QED) is 0.495. The van der Waals surface area contributed by atoms with Crippen molar-refractivity contribution >= 4 is 11.7 Å². The summed E-state index contributed by atoms with van der Waals surface area (Å²) in [4.78, 5) is 28.1. The van der Waals surface area contributed by atoms with Gasteiger partial charge in [-0.2, -0.15) is 0 Å². The predicted octanol–water partition coefficient (Wildman–Crippen LogP) is 3.53. The molecular weight excluding hydrogens is 460 g/mol. The third-order valence-electron chi connectivity index (χ3n) is 8.11. The zero-order valence-electron chi connectivity index (χ0n) is 21.3. The number of hydrogen-bond donors (Lipinski definition) is 3. The molecule has 1 aliphatic heterocycles. The Morgan fingerprint density at radius 2 is 2.08 bits per heavy atom. The van der Waals surface area contributed by atoms with Crippen LogP contribution in [0.5, 0.6) is 11.5 Å². The lowest BCUT2D eigenvalue weighted by Crippen LogP contribution is -2.41. The van der Waals surface area contributed by atoms with Crippen molar-refractivity contribution in [3.05, 3.63) is 57.6 Å². The number of carbonyl (C=O) groups is 2. The third kappa shape index (κ3) is 3.38. The maximum atomic E-state index is 13.8. The van der Waals surface area contributed by atoms with E-state index in [9.17, 15) is 19.8 Å². The Bertz CT molecular complexity index is 1260. The van der Waals surface area contributed by atoms with Gasteiger partial charge in [-0.25, -0.2) is 0 Å². The number of phenolic OH excluding ortho intramolecular Hbond substituents is 1. The number of carbonyl (C=O) groups excluding carboxylic acids is 2. The first kappa shape index (κ1) is 24.4. The van der Waals surface area contributed by atoms with Crippen LogP contribution in [0.15, 0.2) is 40.9 Å². The minimum Gasteiger partial charge on any atom is -0.511 e. The standard InChI is InChI=1S/C28H34N2O6/c1-6-30(11-13(2)3)12-16-9-19(31)23-18(25(16)35-5)8-15-7-17-10-20(32)21(27(29)34)14(4)28(17)26(36-28)22(15)24(23)33/h9,13,15,17,31-32H,4,6-8,10-12H2,1-3,5H3,(H2,29,34)/t15-,17+,28+/m1/s1. The van der Waals surface area contributed by atoms with Crippen molar-refractivity contribution < 1.29 is 29.3 Å². The van der Waals surface area contributed by atoms with E-state index in [1.807, 2.05) is 0 Å². The SMILES string of the molecule is C=C1C(C(N)=O)=C(O)C[C@@H]2C[C@@H]3Cc4c(OC)c(CN(CC)CC(C)C)cc(O)c4C(=O)C3=C3O[C@]132. The van der Waals surface area contributed by atoms with Crippen LogP contribution in [0.25, 0.3) is 0 Å². The lowest BCUT2D eigenvalue weighted by Gasteiger charge is -2.38. The van der Waals surface area contributed by atoms with Crippen molar-refractivity contribution in [2.45, 2.75) is 52.2 Å². The van der Waals surface area contributed by atoms with Crippen molar-refractivity contribution in [2.75, 3.05) is 20.2 Å². The van der Waals surface area contributed by atoms with Crippen molar-refractivity contribution in [1.29, 1.82) is 0 Å². The van der Waals surface area contributed by atoms with Gasteiger partial charge in [0, 0.05) is 47.7 Å². The summed E-state index contributed by atoms with van der Waals surface area (Å²) in [6.45, 7) is 12.8. The van der Waals surface area contributed by atoms with Crippen LogP contribution < -0.4 is 10.5 Å². The van der Waals surface area contributed by atoms with Gasteiger partial charge < -0.3 is 25.4 Å². The minimum atomic E-state index is -0.978. The number of phenols is 1. The van der Waals surface area contributed by atoms with Crippen LogP contribution in [0, 0.1) is 17.8 Å². The largest absolute Gasteiger partial charge is 0.511 e. The number of Topliss-reactive ketones (excluding diaryl/α,β-unsaturated/α-hetero) is 1. The second-order valence-corrected chi connectivity index (χ2v) is 10.8. The van der Waals surface area contributed by atoms with E-state index in [0.29, 0.717) is 53.5 Å². The van der Waals surface area contributed by atoms with Crippen LogP contribution >= 0.6 is 0 Å². The number of rotatable bonds is 7. The number of aromatic hydroxyl groups is 1. The molecule has 1 aromatic carbocycles. The summed E-state index contributed by atoms with van der Waals surface area (Å²) in [7, 11) is 1.60. The van der Waals surface area contributed by atoms with E-state index in [1.165, 1.54) is 0 Å². The summed E-state index contributed by atoms with van der Waals surface area (Å²) in [5.74, 6) is 0.129. The minimum absolute atomic E-state index is 0.0139. The second kappa shape index (κ2) is 8.40. The highest BCUT2D eigenvalue weighted by Gasteiger charge is 2.69. The van der Waals surface area contributed by atoms with Gasteiger partial charge in [-0.15, -0.1) is 0 Å². The predicted molar refractivity (Wildman–Crippen MR) is 134 cm³/mol. The maximum absolute atomic E-state index is 13.8. The maximum Gasteiger partial charge on any atom is 0.252 e. The summed E-state index contributed by atoms with van der Waals surface area (Å²) < 4.78 is 11.9. The number of epoxide rings is 1. The normalized spacial score (nSPS) is 26.4.